The Labute approximate surface area is 153 Å². The average Bonchev–Trinajstić information content (AvgIpc) is 3.07. The Bertz CT molecular complexity index is 1000. The lowest BCUT2D eigenvalue weighted by Crippen LogP contribution is -2.39. The number of nitrogens with zero attached hydrogens (tertiary/aromatic N) is 3. The maximum absolute atomic E-state index is 13.0. The van der Waals surface area contributed by atoms with E-state index in [1.807, 2.05) is 23.6 Å². The predicted octanol–water partition coefficient (Wildman–Crippen LogP) is 3.70. The molecule has 1 aliphatic heterocycles. The lowest BCUT2D eigenvalue weighted by Gasteiger charge is -2.26. The van der Waals surface area contributed by atoms with Gasteiger partial charge in [-0.15, -0.1) is 11.3 Å². The highest BCUT2D eigenvalue weighted by molar-refractivity contribution is 7.15. The molecule has 25 heavy (non-hydrogen) atoms. The quantitative estimate of drug-likeness (QED) is 0.688. The van der Waals surface area contributed by atoms with Gasteiger partial charge < -0.3 is 4.90 Å². The molecule has 1 amide bonds. The molecule has 4 rings (SSSR count). The van der Waals surface area contributed by atoms with Gasteiger partial charge in [0.25, 0.3) is 11.5 Å². The molecule has 128 valence electrons. The number of carbonyl (C=O) groups is 1. The van der Waals surface area contributed by atoms with Gasteiger partial charge in [0.15, 0.2) is 4.96 Å². The highest BCUT2D eigenvalue weighted by Crippen LogP contribution is 2.30. The van der Waals surface area contributed by atoms with Gasteiger partial charge in [-0.25, -0.2) is 4.98 Å². The Morgan fingerprint density at radius 1 is 1.16 bits per heavy atom. The Morgan fingerprint density at radius 3 is 2.68 bits per heavy atom. The Morgan fingerprint density at radius 2 is 1.92 bits per heavy atom. The highest BCUT2D eigenvalue weighted by Gasteiger charge is 2.23. The van der Waals surface area contributed by atoms with E-state index < -0.39 is 0 Å². The first kappa shape index (κ1) is 16.3. The SMILES string of the molecule is O=C(c1cnc2scc(-c3ccccc3Cl)n2c1=O)N1CCCCC1. The van der Waals surface area contributed by atoms with Crippen LogP contribution in [0.15, 0.2) is 40.6 Å². The van der Waals surface area contributed by atoms with Crippen LogP contribution in [-0.4, -0.2) is 33.3 Å². The number of rotatable bonds is 2. The van der Waals surface area contributed by atoms with Crippen LogP contribution in [0.3, 0.4) is 0 Å². The number of piperidine rings is 1. The fourth-order valence-corrected chi connectivity index (χ4v) is 4.25. The summed E-state index contributed by atoms with van der Waals surface area (Å²) in [5, 5.41) is 2.40. The summed E-state index contributed by atoms with van der Waals surface area (Å²) in [4.78, 5) is 32.4. The van der Waals surface area contributed by atoms with Crippen molar-refractivity contribution in [1.82, 2.24) is 14.3 Å². The third kappa shape index (κ3) is 2.85. The van der Waals surface area contributed by atoms with Crippen LogP contribution in [0.2, 0.25) is 5.02 Å². The van der Waals surface area contributed by atoms with Crippen molar-refractivity contribution < 1.29 is 4.79 Å². The van der Waals surface area contributed by atoms with Crippen molar-refractivity contribution in [1.29, 1.82) is 0 Å². The molecule has 0 N–H and O–H groups in total. The second-order valence-electron chi connectivity index (χ2n) is 6.05. The first-order chi connectivity index (χ1) is 12.2. The molecule has 1 aromatic carbocycles. The van der Waals surface area contributed by atoms with Crippen molar-refractivity contribution in [3.63, 3.8) is 0 Å². The molecule has 1 fully saturated rings. The summed E-state index contributed by atoms with van der Waals surface area (Å²) >= 11 is 7.64. The summed E-state index contributed by atoms with van der Waals surface area (Å²) in [7, 11) is 0. The van der Waals surface area contributed by atoms with E-state index >= 15 is 0 Å². The van der Waals surface area contributed by atoms with E-state index in [-0.39, 0.29) is 17.0 Å². The first-order valence-electron chi connectivity index (χ1n) is 8.20. The van der Waals surface area contributed by atoms with E-state index in [1.54, 1.807) is 11.0 Å². The lowest BCUT2D eigenvalue weighted by molar-refractivity contribution is 0.0722. The number of hydrogen-bond donors (Lipinski definition) is 0. The summed E-state index contributed by atoms with van der Waals surface area (Å²) in [6.45, 7) is 1.39. The van der Waals surface area contributed by atoms with Crippen molar-refractivity contribution in [3.05, 3.63) is 56.8 Å². The number of likely N-dealkylation sites (tertiary alicyclic amines) is 1. The number of carbonyl (C=O) groups excluding carboxylic acids is 1. The van der Waals surface area contributed by atoms with Crippen LogP contribution in [0.4, 0.5) is 0 Å². The minimum atomic E-state index is -0.336. The van der Waals surface area contributed by atoms with Gasteiger partial charge in [-0.05, 0) is 25.3 Å². The normalized spacial score (nSPS) is 14.8. The van der Waals surface area contributed by atoms with E-state index in [0.717, 1.165) is 24.8 Å². The number of halogens is 1. The molecule has 0 aliphatic carbocycles. The van der Waals surface area contributed by atoms with Crippen LogP contribution in [-0.2, 0) is 0 Å². The molecule has 5 nitrogen and oxygen atoms in total. The lowest BCUT2D eigenvalue weighted by atomic mass is 10.1. The van der Waals surface area contributed by atoms with Crippen LogP contribution in [0.5, 0.6) is 0 Å². The Hall–Kier alpha value is -2.18. The summed E-state index contributed by atoms with van der Waals surface area (Å²) in [6.07, 6.45) is 4.49. The summed E-state index contributed by atoms with van der Waals surface area (Å²) in [6, 6.07) is 7.34. The smallest absolute Gasteiger partial charge is 0.271 e. The van der Waals surface area contributed by atoms with Crippen LogP contribution in [0, 0.1) is 0 Å². The summed E-state index contributed by atoms with van der Waals surface area (Å²) in [5.41, 5.74) is 1.20. The van der Waals surface area contributed by atoms with Gasteiger partial charge in [-0.2, -0.15) is 0 Å². The zero-order valence-corrected chi connectivity index (χ0v) is 15.0. The van der Waals surface area contributed by atoms with Crippen LogP contribution >= 0.6 is 22.9 Å². The third-order valence-electron chi connectivity index (χ3n) is 4.47. The number of amides is 1. The molecule has 0 radical (unpaired) electrons. The average molecular weight is 374 g/mol. The van der Waals surface area contributed by atoms with Crippen molar-refractivity contribution >= 4 is 33.8 Å². The van der Waals surface area contributed by atoms with Gasteiger partial charge in [0.2, 0.25) is 0 Å². The fourth-order valence-electron chi connectivity index (χ4n) is 3.16. The molecule has 0 atom stereocenters. The van der Waals surface area contributed by atoms with E-state index in [4.69, 9.17) is 11.6 Å². The van der Waals surface area contributed by atoms with Crippen molar-refractivity contribution in [2.75, 3.05) is 13.1 Å². The Kier molecular flexibility index (Phi) is 4.31. The van der Waals surface area contributed by atoms with Gasteiger partial charge in [0, 0.05) is 35.3 Å². The molecule has 0 unspecified atom stereocenters. The third-order valence-corrected chi connectivity index (χ3v) is 5.64. The summed E-state index contributed by atoms with van der Waals surface area (Å²) in [5.74, 6) is -0.233. The van der Waals surface area contributed by atoms with Crippen molar-refractivity contribution in [2.45, 2.75) is 19.3 Å². The zero-order chi connectivity index (χ0) is 17.4. The highest BCUT2D eigenvalue weighted by atomic mass is 35.5. The van der Waals surface area contributed by atoms with Gasteiger partial charge >= 0.3 is 0 Å². The Balaban J connectivity index is 1.85. The van der Waals surface area contributed by atoms with E-state index in [2.05, 4.69) is 4.98 Å². The molecule has 0 spiro atoms. The van der Waals surface area contributed by atoms with E-state index in [1.165, 1.54) is 21.9 Å². The minimum absolute atomic E-state index is 0.117. The largest absolute Gasteiger partial charge is 0.338 e. The number of benzene rings is 1. The molecule has 7 heteroatoms. The number of fused-ring (bicyclic) bond motifs is 1. The maximum atomic E-state index is 13.0. The molecule has 2 aromatic heterocycles. The molecular formula is C18H16ClN3O2S. The van der Waals surface area contributed by atoms with Crippen molar-refractivity contribution in [3.8, 4) is 11.3 Å². The molecule has 3 aromatic rings. The van der Waals surface area contributed by atoms with Crippen LogP contribution in [0.1, 0.15) is 29.6 Å². The molecule has 1 aliphatic rings. The van der Waals surface area contributed by atoms with E-state index in [9.17, 15) is 9.59 Å². The van der Waals surface area contributed by atoms with E-state index in [0.29, 0.717) is 28.8 Å². The molecule has 0 saturated carbocycles. The van der Waals surface area contributed by atoms with Gasteiger partial charge in [-0.3, -0.25) is 14.0 Å². The predicted molar refractivity (Wildman–Crippen MR) is 99.5 cm³/mol. The second-order valence-corrected chi connectivity index (χ2v) is 7.29. The van der Waals surface area contributed by atoms with Crippen molar-refractivity contribution in [2.24, 2.45) is 0 Å². The molecule has 0 bridgehead atoms. The minimum Gasteiger partial charge on any atom is -0.338 e. The maximum Gasteiger partial charge on any atom is 0.271 e. The van der Waals surface area contributed by atoms with Crippen LogP contribution < -0.4 is 5.56 Å². The second kappa shape index (κ2) is 6.61. The van der Waals surface area contributed by atoms with Crippen LogP contribution in [0.25, 0.3) is 16.2 Å². The standard InChI is InChI=1S/C18H16ClN3O2S/c19-14-7-3-2-6-12(14)15-11-25-18-20-10-13(17(24)22(15)18)16(23)21-8-4-1-5-9-21/h2-3,6-7,10-11H,1,4-5,8-9H2. The van der Waals surface area contributed by atoms with Gasteiger partial charge in [0.1, 0.15) is 5.56 Å². The molecular weight excluding hydrogens is 358 g/mol. The number of aromatic nitrogens is 2. The molecule has 1 saturated heterocycles. The number of hydrogen-bond acceptors (Lipinski definition) is 4. The zero-order valence-electron chi connectivity index (χ0n) is 13.4. The molecule has 3 heterocycles. The fraction of sp³-hybridized carbons (Fsp3) is 0.278. The summed E-state index contributed by atoms with van der Waals surface area (Å²) < 4.78 is 1.49. The topological polar surface area (TPSA) is 54.7 Å². The van der Waals surface area contributed by atoms with Gasteiger partial charge in [-0.1, -0.05) is 29.8 Å². The number of thiazole rings is 1. The monoisotopic (exact) mass is 373 g/mol. The van der Waals surface area contributed by atoms with Gasteiger partial charge in [0.05, 0.1) is 5.69 Å². The first-order valence-corrected chi connectivity index (χ1v) is 9.46.